The predicted octanol–water partition coefficient (Wildman–Crippen LogP) is 2.39. The van der Waals surface area contributed by atoms with Crippen molar-refractivity contribution in [1.29, 1.82) is 0 Å². The number of rotatable bonds is 1. The van der Waals surface area contributed by atoms with Crippen molar-refractivity contribution in [2.75, 3.05) is 7.11 Å². The second kappa shape index (κ2) is 4.45. The van der Waals surface area contributed by atoms with Crippen molar-refractivity contribution in [3.8, 4) is 5.75 Å². The lowest BCUT2D eigenvalue weighted by Crippen LogP contribution is -2.04. The van der Waals surface area contributed by atoms with Gasteiger partial charge in [-0.25, -0.2) is 4.79 Å². The van der Waals surface area contributed by atoms with Gasteiger partial charge in [0.15, 0.2) is 0 Å². The fourth-order valence-corrected chi connectivity index (χ4v) is 1.95. The van der Waals surface area contributed by atoms with E-state index in [1.165, 1.54) is 13.2 Å². The normalized spacial score (nSPS) is 9.77. The summed E-state index contributed by atoms with van der Waals surface area (Å²) in [6, 6.07) is 3.03. The number of methoxy groups -OCH3 is 1. The number of aromatic hydroxyl groups is 1. The zero-order chi connectivity index (χ0) is 10.0. The van der Waals surface area contributed by atoms with Crippen molar-refractivity contribution < 1.29 is 14.6 Å². The van der Waals surface area contributed by atoms with Gasteiger partial charge in [-0.1, -0.05) is 0 Å². The summed E-state index contributed by atoms with van der Waals surface area (Å²) >= 11 is 3.98. The number of esters is 1. The molecule has 5 heteroatoms. The molecular formula is C8H6I2O3. The Kier molecular flexibility index (Phi) is 3.77. The monoisotopic (exact) mass is 404 g/mol. The lowest BCUT2D eigenvalue weighted by Gasteiger charge is -2.05. The van der Waals surface area contributed by atoms with Gasteiger partial charge in [-0.15, -0.1) is 0 Å². The quantitative estimate of drug-likeness (QED) is 0.578. The van der Waals surface area contributed by atoms with Crippen LogP contribution in [0.4, 0.5) is 0 Å². The molecular weight excluding hydrogens is 398 g/mol. The van der Waals surface area contributed by atoms with Crippen molar-refractivity contribution in [2.45, 2.75) is 0 Å². The lowest BCUT2D eigenvalue weighted by atomic mass is 10.2. The van der Waals surface area contributed by atoms with E-state index in [4.69, 9.17) is 0 Å². The average molecular weight is 404 g/mol. The van der Waals surface area contributed by atoms with E-state index in [1.807, 2.05) is 45.2 Å². The highest BCUT2D eigenvalue weighted by Gasteiger charge is 2.14. The molecule has 0 fully saturated rings. The van der Waals surface area contributed by atoms with Gasteiger partial charge in [-0.2, -0.15) is 0 Å². The number of phenols is 1. The molecule has 1 N–H and O–H groups in total. The first kappa shape index (κ1) is 11.0. The van der Waals surface area contributed by atoms with Crippen LogP contribution >= 0.6 is 45.2 Å². The van der Waals surface area contributed by atoms with Gasteiger partial charge in [0.1, 0.15) is 5.75 Å². The number of hydrogen-bond acceptors (Lipinski definition) is 3. The molecule has 0 aliphatic carbocycles. The average Bonchev–Trinajstić information content (AvgIpc) is 2.13. The SMILES string of the molecule is COC(=O)c1ccc(O)c(I)c1I. The van der Waals surface area contributed by atoms with Gasteiger partial charge in [-0.05, 0) is 57.3 Å². The second-order valence-corrected chi connectivity index (χ2v) is 4.41. The Labute approximate surface area is 103 Å². The van der Waals surface area contributed by atoms with Crippen LogP contribution in [0.25, 0.3) is 0 Å². The largest absolute Gasteiger partial charge is 0.507 e. The Morgan fingerprint density at radius 3 is 2.54 bits per heavy atom. The van der Waals surface area contributed by atoms with E-state index < -0.39 is 0 Å². The topological polar surface area (TPSA) is 46.5 Å². The number of ether oxygens (including phenoxy) is 1. The van der Waals surface area contributed by atoms with Crippen LogP contribution in [0.5, 0.6) is 5.75 Å². The van der Waals surface area contributed by atoms with Crippen LogP contribution in [-0.2, 0) is 4.74 Å². The van der Waals surface area contributed by atoms with Crippen LogP contribution in [0, 0.1) is 7.14 Å². The standard InChI is InChI=1S/C8H6I2O3/c1-13-8(12)4-2-3-5(11)7(10)6(4)9/h2-3,11H,1H3. The van der Waals surface area contributed by atoms with E-state index >= 15 is 0 Å². The molecule has 1 aromatic carbocycles. The number of carbonyl (C=O) groups is 1. The molecule has 3 nitrogen and oxygen atoms in total. The van der Waals surface area contributed by atoms with Crippen LogP contribution in [-0.4, -0.2) is 18.2 Å². The van der Waals surface area contributed by atoms with E-state index in [0.29, 0.717) is 12.7 Å². The highest BCUT2D eigenvalue weighted by molar-refractivity contribution is 14.1. The van der Waals surface area contributed by atoms with E-state index in [9.17, 15) is 9.90 Å². The van der Waals surface area contributed by atoms with Gasteiger partial charge in [0, 0.05) is 3.57 Å². The summed E-state index contributed by atoms with van der Waals surface area (Å²) in [5.74, 6) is -0.208. The Bertz CT molecular complexity index is 349. The van der Waals surface area contributed by atoms with Crippen molar-refractivity contribution in [3.63, 3.8) is 0 Å². The molecule has 0 aliphatic heterocycles. The van der Waals surface area contributed by atoms with Crippen molar-refractivity contribution in [2.24, 2.45) is 0 Å². The fourth-order valence-electron chi connectivity index (χ4n) is 0.807. The molecule has 0 saturated heterocycles. The summed E-state index contributed by atoms with van der Waals surface area (Å²) < 4.78 is 5.96. The van der Waals surface area contributed by atoms with Crippen LogP contribution in [0.3, 0.4) is 0 Å². The molecule has 0 saturated carbocycles. The summed E-state index contributed by atoms with van der Waals surface area (Å²) in [6.07, 6.45) is 0. The summed E-state index contributed by atoms with van der Waals surface area (Å²) in [4.78, 5) is 11.2. The molecule has 0 aliphatic rings. The molecule has 0 spiro atoms. The predicted molar refractivity (Wildman–Crippen MR) is 64.9 cm³/mol. The van der Waals surface area contributed by atoms with Crippen molar-refractivity contribution in [1.82, 2.24) is 0 Å². The number of benzene rings is 1. The van der Waals surface area contributed by atoms with Crippen LogP contribution < -0.4 is 0 Å². The van der Waals surface area contributed by atoms with Gasteiger partial charge in [0.05, 0.1) is 16.2 Å². The van der Waals surface area contributed by atoms with E-state index in [2.05, 4.69) is 4.74 Å². The van der Waals surface area contributed by atoms with Crippen molar-refractivity contribution in [3.05, 3.63) is 24.8 Å². The van der Waals surface area contributed by atoms with Gasteiger partial charge in [0.2, 0.25) is 0 Å². The van der Waals surface area contributed by atoms with E-state index in [0.717, 1.165) is 0 Å². The summed E-state index contributed by atoms with van der Waals surface area (Å²) in [6.45, 7) is 0. The lowest BCUT2D eigenvalue weighted by molar-refractivity contribution is 0.0599. The molecule has 1 rings (SSSR count). The Hall–Kier alpha value is -0.0500. The van der Waals surface area contributed by atoms with Crippen molar-refractivity contribution >= 4 is 51.2 Å². The minimum atomic E-state index is -0.387. The van der Waals surface area contributed by atoms with Gasteiger partial charge < -0.3 is 9.84 Å². The molecule has 13 heavy (non-hydrogen) atoms. The van der Waals surface area contributed by atoms with E-state index in [1.54, 1.807) is 6.07 Å². The Morgan fingerprint density at radius 2 is 2.00 bits per heavy atom. The molecule has 0 atom stereocenters. The summed E-state index contributed by atoms with van der Waals surface area (Å²) in [5.41, 5.74) is 0.477. The molecule has 0 aromatic heterocycles. The maximum atomic E-state index is 11.2. The minimum absolute atomic E-state index is 0.178. The third-order valence-corrected chi connectivity index (χ3v) is 4.71. The van der Waals surface area contributed by atoms with Gasteiger partial charge >= 0.3 is 5.97 Å². The van der Waals surface area contributed by atoms with Gasteiger partial charge in [0.25, 0.3) is 0 Å². The summed E-state index contributed by atoms with van der Waals surface area (Å²) in [7, 11) is 1.33. The molecule has 0 radical (unpaired) electrons. The summed E-state index contributed by atoms with van der Waals surface area (Å²) in [5, 5.41) is 9.31. The minimum Gasteiger partial charge on any atom is -0.507 e. The molecule has 0 bridgehead atoms. The highest BCUT2D eigenvalue weighted by Crippen LogP contribution is 2.27. The highest BCUT2D eigenvalue weighted by atomic mass is 127. The Morgan fingerprint density at radius 1 is 1.38 bits per heavy atom. The van der Waals surface area contributed by atoms with Gasteiger partial charge in [-0.3, -0.25) is 0 Å². The molecule has 0 heterocycles. The number of hydrogen-bond donors (Lipinski definition) is 1. The first-order chi connectivity index (χ1) is 6.07. The smallest absolute Gasteiger partial charge is 0.338 e. The third-order valence-electron chi connectivity index (χ3n) is 1.47. The van der Waals surface area contributed by atoms with Crippen LogP contribution in [0.2, 0.25) is 0 Å². The first-order valence-corrected chi connectivity index (χ1v) is 5.49. The zero-order valence-corrected chi connectivity index (χ0v) is 11.0. The number of phenolic OH excluding ortho intramolecular Hbond substituents is 1. The Balaban J connectivity index is 3.26. The number of halogens is 2. The maximum absolute atomic E-state index is 11.2. The first-order valence-electron chi connectivity index (χ1n) is 3.33. The fraction of sp³-hybridized carbons (Fsp3) is 0.125. The maximum Gasteiger partial charge on any atom is 0.338 e. The third kappa shape index (κ3) is 2.25. The number of carbonyl (C=O) groups excluding carboxylic acids is 1. The molecule has 1 aromatic rings. The van der Waals surface area contributed by atoms with E-state index in [-0.39, 0.29) is 11.7 Å². The molecule has 0 amide bonds. The molecule has 70 valence electrons. The molecule has 0 unspecified atom stereocenters. The van der Waals surface area contributed by atoms with Crippen LogP contribution in [0.15, 0.2) is 12.1 Å². The zero-order valence-electron chi connectivity index (χ0n) is 6.67. The van der Waals surface area contributed by atoms with Crippen LogP contribution in [0.1, 0.15) is 10.4 Å². The second-order valence-electron chi connectivity index (χ2n) is 2.25.